The molecule has 0 bridgehead atoms. The minimum atomic E-state index is -0.376. The van der Waals surface area contributed by atoms with E-state index in [0.717, 1.165) is 11.3 Å². The van der Waals surface area contributed by atoms with E-state index in [1.165, 1.54) is 5.56 Å². The molecule has 2 aromatic carbocycles. The van der Waals surface area contributed by atoms with Crippen LogP contribution >= 0.6 is 0 Å². The molecule has 2 N–H and O–H groups in total. The van der Waals surface area contributed by atoms with Crippen LogP contribution in [0, 0.1) is 11.8 Å². The van der Waals surface area contributed by atoms with E-state index < -0.39 is 0 Å². The molecule has 0 aliphatic carbocycles. The van der Waals surface area contributed by atoms with Gasteiger partial charge in [0, 0.05) is 36.8 Å². The van der Waals surface area contributed by atoms with Crippen LogP contribution in [0.4, 0.5) is 11.4 Å². The van der Waals surface area contributed by atoms with Gasteiger partial charge in [-0.05, 0) is 41.3 Å². The average molecular weight is 422 g/mol. The normalized spacial score (nSPS) is 16.1. The van der Waals surface area contributed by atoms with Crippen LogP contribution in [-0.2, 0) is 20.9 Å². The Morgan fingerprint density at radius 2 is 1.81 bits per heavy atom. The van der Waals surface area contributed by atoms with Crippen molar-refractivity contribution in [3.05, 3.63) is 59.7 Å². The fourth-order valence-corrected chi connectivity index (χ4v) is 3.56. The van der Waals surface area contributed by atoms with E-state index >= 15 is 0 Å². The second kappa shape index (κ2) is 9.77. The van der Waals surface area contributed by atoms with E-state index in [2.05, 4.69) is 30.5 Å². The Hall–Kier alpha value is -3.15. The first-order valence-corrected chi connectivity index (χ1v) is 10.8. The molecule has 1 heterocycles. The number of anilines is 2. The summed E-state index contributed by atoms with van der Waals surface area (Å²) in [5.74, 6) is -0.316. The SMILES string of the molecule is CC(C)C(=O)Nc1cccc(CNC(=O)C2CC(=O)N(c3cccc(C(C)C)c3)C2)c1. The van der Waals surface area contributed by atoms with Gasteiger partial charge in [-0.25, -0.2) is 0 Å². The minimum absolute atomic E-state index is 0.0283. The number of hydrogen-bond acceptors (Lipinski definition) is 3. The summed E-state index contributed by atoms with van der Waals surface area (Å²) in [5, 5.41) is 5.80. The maximum Gasteiger partial charge on any atom is 0.227 e. The number of carbonyl (C=O) groups excluding carboxylic acids is 3. The van der Waals surface area contributed by atoms with Crippen LogP contribution in [0.3, 0.4) is 0 Å². The third kappa shape index (κ3) is 5.72. The van der Waals surface area contributed by atoms with Crippen molar-refractivity contribution in [1.82, 2.24) is 5.32 Å². The topological polar surface area (TPSA) is 78.5 Å². The predicted molar refractivity (Wildman–Crippen MR) is 123 cm³/mol. The highest BCUT2D eigenvalue weighted by molar-refractivity contribution is 6.00. The van der Waals surface area contributed by atoms with Gasteiger partial charge >= 0.3 is 0 Å². The third-order valence-electron chi connectivity index (χ3n) is 5.53. The number of nitrogens with zero attached hydrogens (tertiary/aromatic N) is 1. The number of amides is 3. The molecule has 0 radical (unpaired) electrons. The van der Waals surface area contributed by atoms with Gasteiger partial charge in [-0.15, -0.1) is 0 Å². The molecule has 6 nitrogen and oxygen atoms in total. The molecule has 31 heavy (non-hydrogen) atoms. The van der Waals surface area contributed by atoms with Gasteiger partial charge in [0.15, 0.2) is 0 Å². The lowest BCUT2D eigenvalue weighted by atomic mass is 10.0. The van der Waals surface area contributed by atoms with Crippen molar-refractivity contribution in [2.24, 2.45) is 11.8 Å². The molecule has 6 heteroatoms. The number of benzene rings is 2. The zero-order valence-electron chi connectivity index (χ0n) is 18.6. The summed E-state index contributed by atoms with van der Waals surface area (Å²) in [6, 6.07) is 15.4. The summed E-state index contributed by atoms with van der Waals surface area (Å²) >= 11 is 0. The molecule has 0 spiro atoms. The Labute approximate surface area is 184 Å². The zero-order chi connectivity index (χ0) is 22.5. The van der Waals surface area contributed by atoms with Crippen LogP contribution < -0.4 is 15.5 Å². The quantitative estimate of drug-likeness (QED) is 0.707. The van der Waals surface area contributed by atoms with Gasteiger partial charge < -0.3 is 15.5 Å². The second-order valence-electron chi connectivity index (χ2n) is 8.72. The molecule has 1 unspecified atom stereocenters. The highest BCUT2D eigenvalue weighted by atomic mass is 16.2. The van der Waals surface area contributed by atoms with Crippen molar-refractivity contribution in [3.8, 4) is 0 Å². The summed E-state index contributed by atoms with van der Waals surface area (Å²) < 4.78 is 0. The van der Waals surface area contributed by atoms with E-state index in [9.17, 15) is 14.4 Å². The van der Waals surface area contributed by atoms with Crippen molar-refractivity contribution in [2.45, 2.75) is 46.6 Å². The lowest BCUT2D eigenvalue weighted by Crippen LogP contribution is -2.32. The maximum atomic E-state index is 12.7. The molecule has 1 aliphatic heterocycles. The van der Waals surface area contributed by atoms with E-state index in [4.69, 9.17) is 0 Å². The Morgan fingerprint density at radius 3 is 2.52 bits per heavy atom. The smallest absolute Gasteiger partial charge is 0.227 e. The molecule has 0 saturated carbocycles. The van der Waals surface area contributed by atoms with E-state index in [1.54, 1.807) is 4.90 Å². The zero-order valence-corrected chi connectivity index (χ0v) is 18.6. The highest BCUT2D eigenvalue weighted by Crippen LogP contribution is 2.28. The van der Waals surface area contributed by atoms with Crippen molar-refractivity contribution >= 4 is 29.1 Å². The summed E-state index contributed by atoms with van der Waals surface area (Å²) in [6.45, 7) is 8.64. The Kier molecular flexibility index (Phi) is 7.10. The number of carbonyl (C=O) groups is 3. The maximum absolute atomic E-state index is 12.7. The molecule has 3 rings (SSSR count). The summed E-state index contributed by atoms with van der Waals surface area (Å²) in [5.41, 5.74) is 3.61. The van der Waals surface area contributed by atoms with E-state index in [-0.39, 0.29) is 36.0 Å². The van der Waals surface area contributed by atoms with Crippen molar-refractivity contribution in [1.29, 1.82) is 0 Å². The van der Waals surface area contributed by atoms with E-state index in [0.29, 0.717) is 24.7 Å². The van der Waals surface area contributed by atoms with Crippen molar-refractivity contribution in [3.63, 3.8) is 0 Å². The molecular formula is C25H31N3O3. The van der Waals surface area contributed by atoms with Crippen LogP contribution in [0.5, 0.6) is 0 Å². The van der Waals surface area contributed by atoms with Gasteiger partial charge in [-0.1, -0.05) is 52.0 Å². The fraction of sp³-hybridized carbons (Fsp3) is 0.400. The average Bonchev–Trinajstić information content (AvgIpc) is 3.14. The highest BCUT2D eigenvalue weighted by Gasteiger charge is 2.35. The number of nitrogens with one attached hydrogen (secondary N) is 2. The number of rotatable bonds is 7. The standard InChI is InChI=1S/C25H31N3O3/c1-16(2)19-8-6-10-22(12-19)28-15-20(13-23(28)29)25(31)26-14-18-7-5-9-21(11-18)27-24(30)17(3)4/h5-12,16-17,20H,13-15H2,1-4H3,(H,26,31)(H,27,30). The first-order valence-electron chi connectivity index (χ1n) is 10.8. The largest absolute Gasteiger partial charge is 0.352 e. The Bertz CT molecular complexity index is 968. The van der Waals surface area contributed by atoms with Crippen molar-refractivity contribution < 1.29 is 14.4 Å². The van der Waals surface area contributed by atoms with Gasteiger partial charge in [-0.2, -0.15) is 0 Å². The van der Waals surface area contributed by atoms with Crippen LogP contribution in [0.25, 0.3) is 0 Å². The molecule has 1 saturated heterocycles. The molecule has 1 atom stereocenters. The first-order chi connectivity index (χ1) is 14.7. The third-order valence-corrected chi connectivity index (χ3v) is 5.53. The molecule has 3 amide bonds. The molecule has 2 aromatic rings. The first kappa shape index (κ1) is 22.5. The van der Waals surface area contributed by atoms with Crippen LogP contribution in [0.1, 0.15) is 51.2 Å². The minimum Gasteiger partial charge on any atom is -0.352 e. The molecule has 0 aromatic heterocycles. The summed E-state index contributed by atoms with van der Waals surface area (Å²) in [4.78, 5) is 38.9. The van der Waals surface area contributed by atoms with Gasteiger partial charge in [0.1, 0.15) is 0 Å². The van der Waals surface area contributed by atoms with Gasteiger partial charge in [0.2, 0.25) is 17.7 Å². The summed E-state index contributed by atoms with van der Waals surface area (Å²) in [7, 11) is 0. The Balaban J connectivity index is 1.59. The molecule has 164 valence electrons. The van der Waals surface area contributed by atoms with Crippen LogP contribution in [0.2, 0.25) is 0 Å². The van der Waals surface area contributed by atoms with Crippen LogP contribution in [-0.4, -0.2) is 24.3 Å². The second-order valence-corrected chi connectivity index (χ2v) is 8.72. The molecule has 1 fully saturated rings. The van der Waals surface area contributed by atoms with Gasteiger partial charge in [0.25, 0.3) is 0 Å². The van der Waals surface area contributed by atoms with E-state index in [1.807, 2.05) is 56.3 Å². The van der Waals surface area contributed by atoms with Crippen molar-refractivity contribution in [2.75, 3.05) is 16.8 Å². The lowest BCUT2D eigenvalue weighted by molar-refractivity contribution is -0.126. The fourth-order valence-electron chi connectivity index (χ4n) is 3.56. The predicted octanol–water partition coefficient (Wildman–Crippen LogP) is 4.07. The monoisotopic (exact) mass is 421 g/mol. The van der Waals surface area contributed by atoms with Gasteiger partial charge in [0.05, 0.1) is 5.92 Å². The summed E-state index contributed by atoms with van der Waals surface area (Å²) in [6.07, 6.45) is 0.211. The van der Waals surface area contributed by atoms with Crippen LogP contribution in [0.15, 0.2) is 48.5 Å². The molecular weight excluding hydrogens is 390 g/mol. The molecule has 1 aliphatic rings. The number of hydrogen-bond donors (Lipinski definition) is 2. The Morgan fingerprint density at radius 1 is 1.06 bits per heavy atom. The van der Waals surface area contributed by atoms with Gasteiger partial charge in [-0.3, -0.25) is 14.4 Å². The lowest BCUT2D eigenvalue weighted by Gasteiger charge is -2.18.